The van der Waals surface area contributed by atoms with Crippen LogP contribution in [0.3, 0.4) is 0 Å². The lowest BCUT2D eigenvalue weighted by atomic mass is 9.74. The summed E-state index contributed by atoms with van der Waals surface area (Å²) in [5.74, 6) is 0.457. The van der Waals surface area contributed by atoms with Crippen molar-refractivity contribution in [1.82, 2.24) is 10.2 Å². The smallest absolute Gasteiger partial charge is 0.330 e. The SMILES string of the molecule is CCNC(=O)N1CCCC23COCCS(=O)(=O)[N+]2(OC2CCC(c4ccccc4)CC2)CC13. The van der Waals surface area contributed by atoms with Gasteiger partial charge in [-0.3, -0.25) is 0 Å². The Bertz CT molecular complexity index is 966. The van der Waals surface area contributed by atoms with Crippen LogP contribution < -0.4 is 5.32 Å². The van der Waals surface area contributed by atoms with Crippen LogP contribution in [0.4, 0.5) is 4.79 Å². The monoisotopic (exact) mass is 478 g/mol. The summed E-state index contributed by atoms with van der Waals surface area (Å²) in [6.45, 7) is 3.87. The van der Waals surface area contributed by atoms with E-state index in [1.165, 1.54) is 5.56 Å². The number of piperidine rings is 1. The number of hydroxylamine groups is 2. The highest BCUT2D eigenvalue weighted by molar-refractivity contribution is 7.85. The van der Waals surface area contributed by atoms with E-state index in [1.54, 1.807) is 0 Å². The molecule has 182 valence electrons. The van der Waals surface area contributed by atoms with Crippen molar-refractivity contribution in [3.63, 3.8) is 0 Å². The molecule has 8 nitrogen and oxygen atoms in total. The summed E-state index contributed by atoms with van der Waals surface area (Å²) in [5, 5.41) is 2.89. The third-order valence-corrected chi connectivity index (χ3v) is 10.4. The number of hydrogen-bond acceptors (Lipinski definition) is 5. The van der Waals surface area contributed by atoms with E-state index in [9.17, 15) is 13.2 Å². The lowest BCUT2D eigenvalue weighted by molar-refractivity contribution is -1.09. The van der Waals surface area contributed by atoms with Crippen LogP contribution in [0.2, 0.25) is 0 Å². The predicted octanol–water partition coefficient (Wildman–Crippen LogP) is 2.77. The molecule has 1 aliphatic carbocycles. The summed E-state index contributed by atoms with van der Waals surface area (Å²) in [4.78, 5) is 21.2. The second-order valence-electron chi connectivity index (χ2n) is 9.94. The van der Waals surface area contributed by atoms with Crippen molar-refractivity contribution in [2.45, 2.75) is 69.1 Å². The average Bonchev–Trinajstić information content (AvgIpc) is 2.88. The van der Waals surface area contributed by atoms with Crippen LogP contribution in [0.15, 0.2) is 30.3 Å². The Labute approximate surface area is 196 Å². The van der Waals surface area contributed by atoms with Crippen LogP contribution >= 0.6 is 0 Å². The van der Waals surface area contributed by atoms with Crippen LogP contribution in [0, 0.1) is 0 Å². The topological polar surface area (TPSA) is 84.9 Å². The number of likely N-dealkylation sites (tertiary alicyclic amines) is 1. The molecule has 1 saturated carbocycles. The predicted molar refractivity (Wildman–Crippen MR) is 124 cm³/mol. The zero-order valence-electron chi connectivity index (χ0n) is 19.4. The third-order valence-electron chi connectivity index (χ3n) is 8.24. The van der Waals surface area contributed by atoms with Gasteiger partial charge in [0.15, 0.2) is 12.1 Å². The Hall–Kier alpha value is -1.68. The Kier molecular flexibility index (Phi) is 6.18. The van der Waals surface area contributed by atoms with E-state index in [-0.39, 0.29) is 34.6 Å². The van der Waals surface area contributed by atoms with Crippen molar-refractivity contribution in [3.8, 4) is 0 Å². The van der Waals surface area contributed by atoms with Gasteiger partial charge >= 0.3 is 16.1 Å². The molecule has 9 heteroatoms. The molecule has 33 heavy (non-hydrogen) atoms. The largest absolute Gasteiger partial charge is 0.373 e. The molecule has 3 aliphatic heterocycles. The van der Waals surface area contributed by atoms with Crippen LogP contribution in [-0.4, -0.2) is 79.7 Å². The van der Waals surface area contributed by atoms with Gasteiger partial charge in [0.05, 0.1) is 6.61 Å². The van der Waals surface area contributed by atoms with Gasteiger partial charge < -0.3 is 15.0 Å². The van der Waals surface area contributed by atoms with E-state index in [1.807, 2.05) is 17.9 Å². The minimum Gasteiger partial charge on any atom is -0.373 e. The molecule has 1 spiro atoms. The van der Waals surface area contributed by atoms with Crippen molar-refractivity contribution in [3.05, 3.63) is 35.9 Å². The Morgan fingerprint density at radius 1 is 1.24 bits per heavy atom. The van der Waals surface area contributed by atoms with Gasteiger partial charge in [0, 0.05) is 19.5 Å². The number of benzene rings is 1. The van der Waals surface area contributed by atoms with Gasteiger partial charge in [-0.15, -0.1) is 0 Å². The minimum absolute atomic E-state index is 0.0397. The van der Waals surface area contributed by atoms with Gasteiger partial charge in [0.1, 0.15) is 24.5 Å². The van der Waals surface area contributed by atoms with E-state index in [0.717, 1.165) is 32.1 Å². The first-order valence-corrected chi connectivity index (χ1v) is 14.0. The molecule has 1 N–H and O–H groups in total. The van der Waals surface area contributed by atoms with Crippen molar-refractivity contribution in [2.24, 2.45) is 0 Å². The second-order valence-corrected chi connectivity index (χ2v) is 12.1. The van der Waals surface area contributed by atoms with Gasteiger partial charge in [-0.05, 0) is 50.5 Å². The van der Waals surface area contributed by atoms with E-state index >= 15 is 0 Å². The Balaban J connectivity index is 1.38. The molecule has 1 aromatic carbocycles. The van der Waals surface area contributed by atoms with Crippen LogP contribution in [0.5, 0.6) is 0 Å². The summed E-state index contributed by atoms with van der Waals surface area (Å²) < 4.78 is 32.8. The van der Waals surface area contributed by atoms with Crippen LogP contribution in [0.25, 0.3) is 0 Å². The van der Waals surface area contributed by atoms with Crippen molar-refractivity contribution < 1.29 is 26.8 Å². The number of nitrogens with zero attached hydrogens (tertiary/aromatic N) is 2. The standard InChI is InChI=1S/C24H35N3O5S/c1-2-25-23(28)26-14-6-13-24-18-31-15-16-33(29,30)27(24,17-22(24)26)32-21-11-9-20(10-12-21)19-7-4-3-5-8-19/h3-5,7-8,20-22H,2,6,9-18H2,1H3/p+1. The fourth-order valence-corrected chi connectivity index (χ4v) is 8.59. The lowest BCUT2D eigenvalue weighted by Crippen LogP contribution is -2.89. The van der Waals surface area contributed by atoms with Gasteiger partial charge in [-0.25, -0.2) is 4.79 Å². The quantitative estimate of drug-likeness (QED) is 0.673. The molecule has 0 bridgehead atoms. The summed E-state index contributed by atoms with van der Waals surface area (Å²) >= 11 is 0. The normalized spacial score (nSPS) is 37.7. The number of ether oxygens (including phenoxy) is 1. The average molecular weight is 479 g/mol. The number of nitrogens with one attached hydrogen (secondary N) is 1. The summed E-state index contributed by atoms with van der Waals surface area (Å²) in [5.41, 5.74) is 0.610. The Morgan fingerprint density at radius 2 is 2.00 bits per heavy atom. The van der Waals surface area contributed by atoms with Gasteiger partial charge in [-0.1, -0.05) is 34.4 Å². The molecule has 0 radical (unpaired) electrons. The van der Waals surface area contributed by atoms with Crippen LogP contribution in [0.1, 0.15) is 56.9 Å². The maximum atomic E-state index is 13.6. The fourth-order valence-electron chi connectivity index (χ4n) is 6.53. The highest BCUT2D eigenvalue weighted by Crippen LogP contribution is 2.53. The maximum Gasteiger partial charge on any atom is 0.330 e. The van der Waals surface area contributed by atoms with Crippen molar-refractivity contribution in [1.29, 1.82) is 0 Å². The molecule has 3 heterocycles. The second kappa shape index (κ2) is 8.83. The lowest BCUT2D eigenvalue weighted by Gasteiger charge is -2.63. The highest BCUT2D eigenvalue weighted by atomic mass is 32.2. The number of quaternary nitrogens is 1. The molecular formula is C24H36N3O5S+. The number of urea groups is 1. The summed E-state index contributed by atoms with van der Waals surface area (Å²) in [6, 6.07) is 10.2. The van der Waals surface area contributed by atoms with Gasteiger partial charge in [0.25, 0.3) is 0 Å². The number of hydrogen-bond donors (Lipinski definition) is 1. The van der Waals surface area contributed by atoms with Crippen molar-refractivity contribution >= 4 is 16.1 Å². The first-order valence-electron chi connectivity index (χ1n) is 12.4. The first-order chi connectivity index (χ1) is 15.9. The first kappa shape index (κ1) is 23.1. The van der Waals surface area contributed by atoms with Gasteiger partial charge in [-0.2, -0.15) is 13.3 Å². The van der Waals surface area contributed by atoms with Crippen molar-refractivity contribution in [2.75, 3.05) is 38.6 Å². The highest BCUT2D eigenvalue weighted by Gasteiger charge is 2.79. The molecule has 1 aromatic rings. The number of amides is 2. The Morgan fingerprint density at radius 3 is 2.73 bits per heavy atom. The van der Waals surface area contributed by atoms with E-state index in [4.69, 9.17) is 9.57 Å². The third kappa shape index (κ3) is 3.68. The van der Waals surface area contributed by atoms with E-state index < -0.39 is 15.6 Å². The van der Waals surface area contributed by atoms with Crippen LogP contribution in [-0.2, 0) is 19.6 Å². The fraction of sp³-hybridized carbons (Fsp3) is 0.708. The minimum atomic E-state index is -3.60. The zero-order valence-corrected chi connectivity index (χ0v) is 20.3. The molecule has 5 rings (SSSR count). The zero-order chi connectivity index (χ0) is 23.1. The molecule has 4 fully saturated rings. The number of carbonyl (C=O) groups excluding carboxylic acids is 1. The number of rotatable bonds is 4. The molecule has 4 aliphatic rings. The molecule has 3 atom stereocenters. The van der Waals surface area contributed by atoms with E-state index in [2.05, 4.69) is 29.6 Å². The molecular weight excluding hydrogens is 442 g/mol. The maximum absolute atomic E-state index is 13.6. The molecule has 3 saturated heterocycles. The molecule has 0 aromatic heterocycles. The van der Waals surface area contributed by atoms with Gasteiger partial charge in [0.2, 0.25) is 0 Å². The number of carbonyl (C=O) groups is 1. The number of sulfonamides is 1. The molecule has 3 unspecified atom stereocenters. The summed E-state index contributed by atoms with van der Waals surface area (Å²) in [6.07, 6.45) is 5.01. The molecule has 2 amide bonds. The van der Waals surface area contributed by atoms with E-state index in [0.29, 0.717) is 38.6 Å². The summed E-state index contributed by atoms with van der Waals surface area (Å²) in [7, 11) is -3.60.